The summed E-state index contributed by atoms with van der Waals surface area (Å²) < 4.78 is 40.4. The Morgan fingerprint density at radius 1 is 1.35 bits per heavy atom. The van der Waals surface area contributed by atoms with Crippen molar-refractivity contribution < 1.29 is 17.9 Å². The number of benzene rings is 1. The van der Waals surface area contributed by atoms with Crippen LogP contribution in [-0.2, 0) is 21.3 Å². The Labute approximate surface area is 154 Å². The summed E-state index contributed by atoms with van der Waals surface area (Å²) in [6.45, 7) is 6.59. The molecule has 2 heterocycles. The van der Waals surface area contributed by atoms with E-state index in [-0.39, 0.29) is 4.90 Å². The molecule has 1 saturated heterocycles. The molecule has 1 aromatic heterocycles. The first-order valence-corrected chi connectivity index (χ1v) is 10.3. The van der Waals surface area contributed by atoms with E-state index in [2.05, 4.69) is 9.82 Å². The molecule has 0 amide bonds. The summed E-state index contributed by atoms with van der Waals surface area (Å²) in [5, 5.41) is 4.27. The lowest BCUT2D eigenvalue weighted by atomic mass is 10.0. The lowest BCUT2D eigenvalue weighted by molar-refractivity contribution is 0.0601. The van der Waals surface area contributed by atoms with Crippen molar-refractivity contribution in [2.24, 2.45) is 5.92 Å². The molecular formula is C18H25N3O4S. The number of aryl methyl sites for hydroxylation is 1. The van der Waals surface area contributed by atoms with Gasteiger partial charge in [-0.3, -0.25) is 9.40 Å². The minimum Gasteiger partial charge on any atom is -0.494 e. The molecule has 3 rings (SSSR count). The monoisotopic (exact) mass is 379 g/mol. The summed E-state index contributed by atoms with van der Waals surface area (Å²) in [5.74, 6) is 1.21. The zero-order valence-corrected chi connectivity index (χ0v) is 16.0. The Balaban J connectivity index is 1.68. The van der Waals surface area contributed by atoms with Crippen molar-refractivity contribution >= 4 is 15.7 Å². The van der Waals surface area contributed by atoms with Gasteiger partial charge in [0.15, 0.2) is 0 Å². The molecule has 1 aliphatic rings. The van der Waals surface area contributed by atoms with Crippen molar-refractivity contribution in [2.45, 2.75) is 38.1 Å². The Morgan fingerprint density at radius 3 is 2.81 bits per heavy atom. The Morgan fingerprint density at radius 2 is 2.12 bits per heavy atom. The molecule has 142 valence electrons. The molecule has 8 heteroatoms. The average Bonchev–Trinajstić information content (AvgIpc) is 3.04. The standard InChI is InChI=1S/C18H25N3O4S/c1-3-25-18-5-4-17(10-14(18)2)26(22,23)20-16-11-19-21(13-16)12-15-6-8-24-9-7-15/h4-5,10-11,13,15,20H,3,6-9,12H2,1-2H3. The molecular weight excluding hydrogens is 354 g/mol. The van der Waals surface area contributed by atoms with Crippen molar-refractivity contribution in [2.75, 3.05) is 24.5 Å². The van der Waals surface area contributed by atoms with E-state index in [9.17, 15) is 8.42 Å². The van der Waals surface area contributed by atoms with Gasteiger partial charge in [-0.2, -0.15) is 5.10 Å². The van der Waals surface area contributed by atoms with Crippen LogP contribution in [0.2, 0.25) is 0 Å². The smallest absolute Gasteiger partial charge is 0.262 e. The lowest BCUT2D eigenvalue weighted by Crippen LogP contribution is -2.20. The molecule has 0 bridgehead atoms. The second-order valence-corrected chi connectivity index (χ2v) is 8.16. The molecule has 0 saturated carbocycles. The number of nitrogens with zero attached hydrogens (tertiary/aromatic N) is 2. The van der Waals surface area contributed by atoms with Crippen LogP contribution in [0, 0.1) is 12.8 Å². The van der Waals surface area contributed by atoms with Crippen LogP contribution in [0.4, 0.5) is 5.69 Å². The van der Waals surface area contributed by atoms with Crippen LogP contribution in [-0.4, -0.2) is 38.0 Å². The largest absolute Gasteiger partial charge is 0.494 e. The summed E-state index contributed by atoms with van der Waals surface area (Å²) in [4.78, 5) is 0.204. The van der Waals surface area contributed by atoms with Gasteiger partial charge in [0.05, 0.1) is 23.4 Å². The van der Waals surface area contributed by atoms with E-state index in [4.69, 9.17) is 9.47 Å². The van der Waals surface area contributed by atoms with Gasteiger partial charge in [0.1, 0.15) is 5.75 Å². The van der Waals surface area contributed by atoms with E-state index in [1.165, 1.54) is 6.20 Å². The summed E-state index contributed by atoms with van der Waals surface area (Å²) in [6.07, 6.45) is 5.28. The lowest BCUT2D eigenvalue weighted by Gasteiger charge is -2.21. The second-order valence-electron chi connectivity index (χ2n) is 6.47. The van der Waals surface area contributed by atoms with Crippen LogP contribution < -0.4 is 9.46 Å². The fourth-order valence-electron chi connectivity index (χ4n) is 3.03. The highest BCUT2D eigenvalue weighted by atomic mass is 32.2. The van der Waals surface area contributed by atoms with Gasteiger partial charge < -0.3 is 9.47 Å². The van der Waals surface area contributed by atoms with Gasteiger partial charge in [0.2, 0.25) is 0 Å². The first-order chi connectivity index (χ1) is 12.5. The summed E-state index contributed by atoms with van der Waals surface area (Å²) in [6, 6.07) is 4.84. The second kappa shape index (κ2) is 8.09. The van der Waals surface area contributed by atoms with Crippen molar-refractivity contribution in [3.63, 3.8) is 0 Å². The van der Waals surface area contributed by atoms with Gasteiger partial charge in [-0.1, -0.05) is 0 Å². The summed E-state index contributed by atoms with van der Waals surface area (Å²) >= 11 is 0. The van der Waals surface area contributed by atoms with Crippen molar-refractivity contribution in [1.82, 2.24) is 9.78 Å². The van der Waals surface area contributed by atoms with Crippen LogP contribution in [0.5, 0.6) is 5.75 Å². The maximum atomic E-state index is 12.6. The molecule has 26 heavy (non-hydrogen) atoms. The number of aromatic nitrogens is 2. The van der Waals surface area contributed by atoms with Crippen molar-refractivity contribution in [3.05, 3.63) is 36.2 Å². The van der Waals surface area contributed by atoms with Crippen molar-refractivity contribution in [3.8, 4) is 5.75 Å². The summed E-state index contributed by atoms with van der Waals surface area (Å²) in [5.41, 5.74) is 1.24. The zero-order chi connectivity index (χ0) is 18.6. The zero-order valence-electron chi connectivity index (χ0n) is 15.1. The molecule has 0 atom stereocenters. The molecule has 0 unspecified atom stereocenters. The highest BCUT2D eigenvalue weighted by Gasteiger charge is 2.18. The number of rotatable bonds is 7. The van der Waals surface area contributed by atoms with E-state index >= 15 is 0 Å². The van der Waals surface area contributed by atoms with Crippen LogP contribution in [0.3, 0.4) is 0 Å². The molecule has 1 aromatic carbocycles. The summed E-state index contributed by atoms with van der Waals surface area (Å²) in [7, 11) is -3.67. The molecule has 0 aliphatic carbocycles. The maximum absolute atomic E-state index is 12.6. The number of nitrogens with one attached hydrogen (secondary N) is 1. The maximum Gasteiger partial charge on any atom is 0.262 e. The molecule has 7 nitrogen and oxygen atoms in total. The highest BCUT2D eigenvalue weighted by molar-refractivity contribution is 7.92. The molecule has 0 spiro atoms. The van der Waals surface area contributed by atoms with E-state index in [0.717, 1.165) is 38.2 Å². The van der Waals surface area contributed by atoms with Gasteiger partial charge in [-0.05, 0) is 56.4 Å². The van der Waals surface area contributed by atoms with Crippen LogP contribution in [0.1, 0.15) is 25.3 Å². The normalized spacial score (nSPS) is 15.8. The Hall–Kier alpha value is -2.06. The number of hydrogen-bond donors (Lipinski definition) is 1. The molecule has 2 aromatic rings. The third-order valence-electron chi connectivity index (χ3n) is 4.43. The average molecular weight is 379 g/mol. The van der Waals surface area contributed by atoms with E-state index in [1.54, 1.807) is 29.1 Å². The fourth-order valence-corrected chi connectivity index (χ4v) is 4.14. The van der Waals surface area contributed by atoms with Gasteiger partial charge in [-0.25, -0.2) is 8.42 Å². The van der Waals surface area contributed by atoms with Gasteiger partial charge in [0, 0.05) is 26.0 Å². The Kier molecular flexibility index (Phi) is 5.83. The van der Waals surface area contributed by atoms with Crippen LogP contribution >= 0.6 is 0 Å². The number of anilines is 1. The SMILES string of the molecule is CCOc1ccc(S(=O)(=O)Nc2cnn(CC3CCOCC3)c2)cc1C. The Bertz CT molecular complexity index is 842. The first-order valence-electron chi connectivity index (χ1n) is 8.84. The molecule has 1 aliphatic heterocycles. The number of sulfonamides is 1. The van der Waals surface area contributed by atoms with Crippen LogP contribution in [0.15, 0.2) is 35.5 Å². The van der Waals surface area contributed by atoms with E-state index in [0.29, 0.717) is 24.0 Å². The van der Waals surface area contributed by atoms with Crippen molar-refractivity contribution in [1.29, 1.82) is 0 Å². The number of ether oxygens (including phenoxy) is 2. The van der Waals surface area contributed by atoms with Gasteiger partial charge in [-0.15, -0.1) is 0 Å². The van der Waals surface area contributed by atoms with Gasteiger partial charge >= 0.3 is 0 Å². The molecule has 1 N–H and O–H groups in total. The predicted molar refractivity (Wildman–Crippen MR) is 98.9 cm³/mol. The number of hydrogen-bond acceptors (Lipinski definition) is 5. The molecule has 0 radical (unpaired) electrons. The minimum absolute atomic E-state index is 0.204. The third kappa shape index (κ3) is 4.56. The highest BCUT2D eigenvalue weighted by Crippen LogP contribution is 2.24. The van der Waals surface area contributed by atoms with Crippen LogP contribution in [0.25, 0.3) is 0 Å². The van der Waals surface area contributed by atoms with E-state index in [1.807, 2.05) is 13.8 Å². The minimum atomic E-state index is -3.67. The third-order valence-corrected chi connectivity index (χ3v) is 5.81. The molecule has 1 fully saturated rings. The van der Waals surface area contributed by atoms with E-state index < -0.39 is 10.0 Å². The topological polar surface area (TPSA) is 82.5 Å². The predicted octanol–water partition coefficient (Wildman–Crippen LogP) is 2.82. The van der Waals surface area contributed by atoms with Gasteiger partial charge in [0.25, 0.3) is 10.0 Å². The quantitative estimate of drug-likeness (QED) is 0.800. The fraction of sp³-hybridized carbons (Fsp3) is 0.500. The first kappa shape index (κ1) is 18.7.